The van der Waals surface area contributed by atoms with Crippen molar-refractivity contribution in [2.24, 2.45) is 0 Å². The zero-order chi connectivity index (χ0) is 14.8. The Kier molecular flexibility index (Phi) is 3.98. The van der Waals surface area contributed by atoms with Gasteiger partial charge in [0, 0.05) is 13.1 Å². The first-order valence-corrected chi connectivity index (χ1v) is 7.87. The largest absolute Gasteiger partial charge is 0.299 e. The number of rotatable bonds is 3. The van der Waals surface area contributed by atoms with E-state index in [4.69, 9.17) is 0 Å². The molecule has 5 nitrogen and oxygen atoms in total. The van der Waals surface area contributed by atoms with Crippen molar-refractivity contribution in [2.75, 3.05) is 11.9 Å². The van der Waals surface area contributed by atoms with Crippen molar-refractivity contribution in [1.29, 1.82) is 0 Å². The lowest BCUT2D eigenvalue weighted by atomic mass is 9.99. The van der Waals surface area contributed by atoms with Crippen LogP contribution in [0.5, 0.6) is 0 Å². The number of aromatic nitrogens is 2. The number of aryl methyl sites for hydroxylation is 1. The summed E-state index contributed by atoms with van der Waals surface area (Å²) in [7, 11) is 0. The van der Waals surface area contributed by atoms with Crippen LogP contribution in [-0.2, 0) is 17.8 Å². The number of fused-ring (bicyclic) bond motifs is 1. The number of nitrogens with zero attached hydrogens (tertiary/aromatic N) is 3. The lowest BCUT2D eigenvalue weighted by Gasteiger charge is -2.32. The Labute approximate surface area is 128 Å². The van der Waals surface area contributed by atoms with E-state index in [9.17, 15) is 4.79 Å². The highest BCUT2D eigenvalue weighted by molar-refractivity contribution is 7.15. The number of amides is 1. The topological polar surface area (TPSA) is 58.1 Å². The molecule has 0 spiro atoms. The molecule has 1 aliphatic heterocycles. The highest BCUT2D eigenvalue weighted by atomic mass is 32.1. The van der Waals surface area contributed by atoms with E-state index < -0.39 is 0 Å². The quantitative estimate of drug-likeness (QED) is 0.944. The third-order valence-electron chi connectivity index (χ3n) is 3.84. The van der Waals surface area contributed by atoms with Crippen molar-refractivity contribution in [2.45, 2.75) is 32.9 Å². The van der Waals surface area contributed by atoms with Gasteiger partial charge in [0.2, 0.25) is 11.0 Å². The second kappa shape index (κ2) is 5.91. The van der Waals surface area contributed by atoms with Crippen LogP contribution in [0.2, 0.25) is 0 Å². The molecule has 2 heterocycles. The van der Waals surface area contributed by atoms with Crippen LogP contribution in [0, 0.1) is 6.92 Å². The van der Waals surface area contributed by atoms with E-state index in [1.165, 1.54) is 22.5 Å². The third-order valence-corrected chi connectivity index (χ3v) is 4.60. The number of nitrogens with one attached hydrogen (secondary N) is 1. The van der Waals surface area contributed by atoms with Crippen LogP contribution in [0.25, 0.3) is 0 Å². The Hall–Kier alpha value is -1.79. The number of hydrogen-bond donors (Lipinski definition) is 1. The first kappa shape index (κ1) is 14.2. The number of carbonyl (C=O) groups excluding carboxylic acids is 1. The van der Waals surface area contributed by atoms with Gasteiger partial charge in [-0.05, 0) is 31.4 Å². The van der Waals surface area contributed by atoms with E-state index in [2.05, 4.69) is 44.7 Å². The van der Waals surface area contributed by atoms with Crippen molar-refractivity contribution in [1.82, 2.24) is 15.1 Å². The van der Waals surface area contributed by atoms with Crippen LogP contribution in [0.1, 0.15) is 23.1 Å². The van der Waals surface area contributed by atoms with Gasteiger partial charge in [0.05, 0.1) is 6.04 Å². The fraction of sp³-hybridized carbons (Fsp3) is 0.400. The molecule has 6 heteroatoms. The Bertz CT molecular complexity index is 655. The molecular weight excluding hydrogens is 284 g/mol. The lowest BCUT2D eigenvalue weighted by molar-refractivity contribution is -0.121. The lowest BCUT2D eigenvalue weighted by Crippen LogP contribution is -2.44. The monoisotopic (exact) mass is 302 g/mol. The summed E-state index contributed by atoms with van der Waals surface area (Å²) in [5.41, 5.74) is 2.70. The number of benzene rings is 1. The summed E-state index contributed by atoms with van der Waals surface area (Å²) >= 11 is 1.40. The minimum atomic E-state index is -0.178. The fourth-order valence-corrected chi connectivity index (χ4v) is 3.17. The Morgan fingerprint density at radius 3 is 2.81 bits per heavy atom. The van der Waals surface area contributed by atoms with Gasteiger partial charge in [-0.1, -0.05) is 35.6 Å². The molecule has 1 aliphatic rings. The molecule has 1 N–H and O–H groups in total. The van der Waals surface area contributed by atoms with Gasteiger partial charge in [0.25, 0.3) is 0 Å². The van der Waals surface area contributed by atoms with Crippen molar-refractivity contribution < 1.29 is 4.79 Å². The van der Waals surface area contributed by atoms with Crippen molar-refractivity contribution >= 4 is 22.4 Å². The van der Waals surface area contributed by atoms with Gasteiger partial charge in [0.1, 0.15) is 5.01 Å². The Morgan fingerprint density at radius 2 is 2.10 bits per heavy atom. The molecule has 0 saturated carbocycles. The van der Waals surface area contributed by atoms with E-state index in [0.717, 1.165) is 24.5 Å². The first-order chi connectivity index (χ1) is 10.1. The van der Waals surface area contributed by atoms with Crippen molar-refractivity contribution in [3.63, 3.8) is 0 Å². The van der Waals surface area contributed by atoms with Gasteiger partial charge in [-0.3, -0.25) is 15.0 Å². The zero-order valence-electron chi connectivity index (χ0n) is 12.2. The van der Waals surface area contributed by atoms with Gasteiger partial charge in [-0.15, -0.1) is 10.2 Å². The summed E-state index contributed by atoms with van der Waals surface area (Å²) in [6, 6.07) is 8.25. The molecule has 1 unspecified atom stereocenters. The van der Waals surface area contributed by atoms with E-state index in [-0.39, 0.29) is 11.9 Å². The van der Waals surface area contributed by atoms with Crippen molar-refractivity contribution in [3.05, 3.63) is 40.4 Å². The average molecular weight is 302 g/mol. The molecular formula is C15H18N4OS. The van der Waals surface area contributed by atoms with E-state index in [1.54, 1.807) is 0 Å². The van der Waals surface area contributed by atoms with Crippen LogP contribution >= 0.6 is 11.3 Å². The van der Waals surface area contributed by atoms with Crippen LogP contribution < -0.4 is 5.32 Å². The standard InChI is InChI=1S/C15H18N4OS/c1-10(14(20)16-15-18-17-11(2)21-15)19-8-7-12-5-3-4-6-13(12)9-19/h3-6,10H,7-9H2,1-2H3,(H,16,18,20). The highest BCUT2D eigenvalue weighted by Gasteiger charge is 2.25. The molecule has 21 heavy (non-hydrogen) atoms. The maximum atomic E-state index is 12.3. The van der Waals surface area contributed by atoms with Gasteiger partial charge < -0.3 is 0 Å². The molecule has 1 aromatic heterocycles. The second-order valence-corrected chi connectivity index (χ2v) is 6.46. The molecule has 3 rings (SSSR count). The van der Waals surface area contributed by atoms with E-state index >= 15 is 0 Å². The summed E-state index contributed by atoms with van der Waals surface area (Å²) in [6.45, 7) is 5.54. The van der Waals surface area contributed by atoms with Crippen LogP contribution in [-0.4, -0.2) is 33.6 Å². The molecule has 0 aliphatic carbocycles. The highest BCUT2D eigenvalue weighted by Crippen LogP contribution is 2.21. The van der Waals surface area contributed by atoms with Crippen molar-refractivity contribution in [3.8, 4) is 0 Å². The molecule has 0 radical (unpaired) electrons. The maximum absolute atomic E-state index is 12.3. The Morgan fingerprint density at radius 1 is 1.33 bits per heavy atom. The molecule has 0 fully saturated rings. The van der Waals surface area contributed by atoms with Gasteiger partial charge in [-0.2, -0.15) is 0 Å². The number of anilines is 1. The van der Waals surface area contributed by atoms with Crippen LogP contribution in [0.15, 0.2) is 24.3 Å². The van der Waals surface area contributed by atoms with Gasteiger partial charge in [-0.25, -0.2) is 0 Å². The minimum Gasteiger partial charge on any atom is -0.299 e. The second-order valence-electron chi connectivity index (χ2n) is 5.28. The molecule has 2 aromatic rings. The molecule has 1 atom stereocenters. The zero-order valence-corrected chi connectivity index (χ0v) is 13.0. The molecule has 0 saturated heterocycles. The SMILES string of the molecule is Cc1nnc(NC(=O)C(C)N2CCc3ccccc3C2)s1. The maximum Gasteiger partial charge on any atom is 0.243 e. The number of carbonyl (C=O) groups is 1. The Balaban J connectivity index is 1.66. The normalized spacial score (nSPS) is 16.3. The fourth-order valence-electron chi connectivity index (χ4n) is 2.57. The summed E-state index contributed by atoms with van der Waals surface area (Å²) in [6.07, 6.45) is 0.992. The number of hydrogen-bond acceptors (Lipinski definition) is 5. The summed E-state index contributed by atoms with van der Waals surface area (Å²) in [4.78, 5) is 14.5. The predicted octanol–water partition coefficient (Wildman–Crippen LogP) is 2.23. The van der Waals surface area contributed by atoms with Gasteiger partial charge >= 0.3 is 0 Å². The first-order valence-electron chi connectivity index (χ1n) is 7.05. The van der Waals surface area contributed by atoms with E-state index in [0.29, 0.717) is 5.13 Å². The average Bonchev–Trinajstić information content (AvgIpc) is 2.91. The van der Waals surface area contributed by atoms with Crippen LogP contribution in [0.3, 0.4) is 0 Å². The van der Waals surface area contributed by atoms with Crippen LogP contribution in [0.4, 0.5) is 5.13 Å². The smallest absolute Gasteiger partial charge is 0.243 e. The molecule has 110 valence electrons. The molecule has 1 amide bonds. The van der Waals surface area contributed by atoms with Gasteiger partial charge in [0.15, 0.2) is 0 Å². The predicted molar refractivity (Wildman–Crippen MR) is 83.3 cm³/mol. The summed E-state index contributed by atoms with van der Waals surface area (Å²) in [5, 5.41) is 12.1. The molecule has 1 aromatic carbocycles. The molecule has 0 bridgehead atoms. The summed E-state index contributed by atoms with van der Waals surface area (Å²) in [5.74, 6) is -0.0227. The third kappa shape index (κ3) is 3.11. The van der Waals surface area contributed by atoms with E-state index in [1.807, 2.05) is 13.8 Å². The minimum absolute atomic E-state index is 0.0227. The summed E-state index contributed by atoms with van der Waals surface area (Å²) < 4.78 is 0.